The second-order valence-electron chi connectivity index (χ2n) is 3.99. The number of fused-ring (bicyclic) bond motifs is 1. The van der Waals surface area contributed by atoms with Gasteiger partial charge in [0.15, 0.2) is 0 Å². The summed E-state index contributed by atoms with van der Waals surface area (Å²) in [6, 6.07) is 0. The maximum atomic E-state index is 11.9. The molecule has 0 aromatic rings. The summed E-state index contributed by atoms with van der Waals surface area (Å²) < 4.78 is 0. The molecule has 6 heteroatoms. The van der Waals surface area contributed by atoms with Crippen molar-refractivity contribution in [1.29, 1.82) is 0 Å². The van der Waals surface area contributed by atoms with Crippen molar-refractivity contribution in [3.05, 3.63) is 22.4 Å². The molecule has 1 saturated heterocycles. The molecular weight excluding hydrogens is 242 g/mol. The number of hydrogen-bond acceptors (Lipinski definition) is 4. The molecule has 90 valence electrons. The molecule has 2 rings (SSSR count). The van der Waals surface area contributed by atoms with Crippen molar-refractivity contribution in [2.24, 2.45) is 0 Å². The van der Waals surface area contributed by atoms with Gasteiger partial charge in [-0.25, -0.2) is 4.79 Å². The highest BCUT2D eigenvalue weighted by Crippen LogP contribution is 2.44. The molecule has 1 atom stereocenters. The molecule has 0 spiro atoms. The zero-order valence-corrected chi connectivity index (χ0v) is 10.2. The molecule has 5 nitrogen and oxygen atoms in total. The highest BCUT2D eigenvalue weighted by atomic mass is 32.2. The van der Waals surface area contributed by atoms with Gasteiger partial charge >= 0.3 is 5.97 Å². The van der Waals surface area contributed by atoms with E-state index in [2.05, 4.69) is 0 Å². The lowest BCUT2D eigenvalue weighted by atomic mass is 9.98. The van der Waals surface area contributed by atoms with Crippen LogP contribution in [-0.4, -0.2) is 39.3 Å². The Morgan fingerprint density at radius 3 is 2.76 bits per heavy atom. The Morgan fingerprint density at radius 1 is 1.59 bits per heavy atom. The normalized spacial score (nSPS) is 26.4. The van der Waals surface area contributed by atoms with Crippen LogP contribution in [0.5, 0.6) is 0 Å². The minimum absolute atomic E-state index is 0.0567. The average molecular weight is 253 g/mol. The fraction of sp³-hybridized carbons (Fsp3) is 0.364. The number of rotatable bonds is 2. The predicted molar refractivity (Wildman–Crippen MR) is 62.2 cm³/mol. The van der Waals surface area contributed by atoms with E-state index in [0.717, 1.165) is 0 Å². The molecule has 0 bridgehead atoms. The molecule has 0 aliphatic carbocycles. The summed E-state index contributed by atoms with van der Waals surface area (Å²) in [5.41, 5.74) is 1.54. The molecule has 1 amide bonds. The molecule has 0 unspecified atom stereocenters. The van der Waals surface area contributed by atoms with Gasteiger partial charge in [-0.05, 0) is 19.4 Å². The molecule has 0 saturated carbocycles. The van der Waals surface area contributed by atoms with Crippen molar-refractivity contribution < 1.29 is 19.5 Å². The van der Waals surface area contributed by atoms with Gasteiger partial charge in [0.2, 0.25) is 0 Å². The third kappa shape index (κ3) is 1.59. The largest absolute Gasteiger partial charge is 0.477 e. The molecular formula is C11H11NO4S. The lowest BCUT2D eigenvalue weighted by Crippen LogP contribution is -2.56. The summed E-state index contributed by atoms with van der Waals surface area (Å²) in [5.74, 6) is -0.904. The van der Waals surface area contributed by atoms with E-state index in [9.17, 15) is 14.4 Å². The van der Waals surface area contributed by atoms with Crippen molar-refractivity contribution in [3.8, 4) is 0 Å². The van der Waals surface area contributed by atoms with Crippen LogP contribution in [0.3, 0.4) is 0 Å². The molecule has 2 aliphatic rings. The number of carbonyl (C=O) groups is 3. The zero-order chi connectivity index (χ0) is 12.7. The van der Waals surface area contributed by atoms with Crippen molar-refractivity contribution >= 4 is 29.9 Å². The standard InChI is InChI=1S/C11H11NO4S/c1-5(3-13)7-9(14)12-8(11(15)16)6(2)4-17-10(7)12/h3,10H,4H2,1-2H3,(H,15,16)/t10-/m1/s1. The molecule has 0 aromatic carbocycles. The van der Waals surface area contributed by atoms with E-state index in [-0.39, 0.29) is 17.0 Å². The van der Waals surface area contributed by atoms with E-state index in [1.165, 1.54) is 16.7 Å². The maximum Gasteiger partial charge on any atom is 0.352 e. The Morgan fingerprint density at radius 2 is 2.24 bits per heavy atom. The van der Waals surface area contributed by atoms with E-state index in [1.54, 1.807) is 13.8 Å². The van der Waals surface area contributed by atoms with Crippen LogP contribution in [-0.2, 0) is 14.4 Å². The van der Waals surface area contributed by atoms with Gasteiger partial charge in [-0.15, -0.1) is 11.8 Å². The van der Waals surface area contributed by atoms with Crippen LogP contribution >= 0.6 is 11.8 Å². The fourth-order valence-electron chi connectivity index (χ4n) is 1.97. The third-order valence-electron chi connectivity index (χ3n) is 2.84. The van der Waals surface area contributed by atoms with Gasteiger partial charge in [-0.1, -0.05) is 0 Å². The Hall–Kier alpha value is -1.56. The second-order valence-corrected chi connectivity index (χ2v) is 5.06. The van der Waals surface area contributed by atoms with E-state index in [4.69, 9.17) is 5.11 Å². The van der Waals surface area contributed by atoms with E-state index in [0.29, 0.717) is 28.8 Å². The van der Waals surface area contributed by atoms with Gasteiger partial charge in [-0.2, -0.15) is 0 Å². The topological polar surface area (TPSA) is 74.7 Å². The average Bonchev–Trinajstić information content (AvgIpc) is 2.28. The van der Waals surface area contributed by atoms with Crippen molar-refractivity contribution in [2.75, 3.05) is 5.75 Å². The fourth-order valence-corrected chi connectivity index (χ4v) is 3.32. The molecule has 0 radical (unpaired) electrons. The number of aliphatic carboxylic acids is 1. The Balaban J connectivity index is 2.43. The lowest BCUT2D eigenvalue weighted by molar-refractivity contribution is -0.141. The number of nitrogens with zero attached hydrogens (tertiary/aromatic N) is 1. The number of hydrogen-bond donors (Lipinski definition) is 1. The molecule has 2 aliphatic heterocycles. The number of carbonyl (C=O) groups excluding carboxylic acids is 2. The number of β-lactam (4-membered cyclic amide) rings is 1. The molecule has 17 heavy (non-hydrogen) atoms. The zero-order valence-electron chi connectivity index (χ0n) is 9.39. The third-order valence-corrected chi connectivity index (χ3v) is 4.20. The monoisotopic (exact) mass is 253 g/mol. The number of carboxylic acid groups (broad SMARTS) is 1. The summed E-state index contributed by atoms with van der Waals surface area (Å²) in [4.78, 5) is 34.9. The number of amides is 1. The van der Waals surface area contributed by atoms with Gasteiger partial charge in [0.25, 0.3) is 5.91 Å². The SMILES string of the molecule is CC(C=O)=C1C(=O)N2C(C(=O)O)=C(C)CS[C@H]12. The summed E-state index contributed by atoms with van der Waals surface area (Å²) in [7, 11) is 0. The smallest absolute Gasteiger partial charge is 0.352 e. The molecule has 2 heterocycles. The van der Waals surface area contributed by atoms with Crippen LogP contribution in [0.4, 0.5) is 0 Å². The van der Waals surface area contributed by atoms with E-state index < -0.39 is 5.97 Å². The Labute approximate surface area is 102 Å². The Bertz CT molecular complexity index is 492. The van der Waals surface area contributed by atoms with E-state index >= 15 is 0 Å². The maximum absolute atomic E-state index is 11.9. The van der Waals surface area contributed by atoms with Crippen LogP contribution in [0.25, 0.3) is 0 Å². The second kappa shape index (κ2) is 4.03. The molecule has 1 N–H and O–H groups in total. The Kier molecular flexibility index (Phi) is 2.82. The minimum Gasteiger partial charge on any atom is -0.477 e. The molecule has 0 aromatic heterocycles. The number of aldehydes is 1. The summed E-state index contributed by atoms with van der Waals surface area (Å²) in [6.45, 7) is 3.28. The first-order valence-electron chi connectivity index (χ1n) is 5.03. The number of thioether (sulfide) groups is 1. The van der Waals surface area contributed by atoms with Crippen LogP contribution in [0.15, 0.2) is 22.4 Å². The first-order valence-corrected chi connectivity index (χ1v) is 6.08. The van der Waals surface area contributed by atoms with Crippen LogP contribution < -0.4 is 0 Å². The van der Waals surface area contributed by atoms with Crippen LogP contribution in [0, 0.1) is 0 Å². The van der Waals surface area contributed by atoms with Gasteiger partial charge in [0, 0.05) is 11.3 Å². The number of allylic oxidation sites excluding steroid dienone is 1. The van der Waals surface area contributed by atoms with Crippen molar-refractivity contribution in [3.63, 3.8) is 0 Å². The first-order chi connectivity index (χ1) is 7.99. The molecule has 1 fully saturated rings. The first kappa shape index (κ1) is 11.9. The van der Waals surface area contributed by atoms with Gasteiger partial charge in [-0.3, -0.25) is 14.5 Å². The van der Waals surface area contributed by atoms with Crippen molar-refractivity contribution in [1.82, 2.24) is 4.90 Å². The summed E-state index contributed by atoms with van der Waals surface area (Å²) >= 11 is 1.46. The summed E-state index contributed by atoms with van der Waals surface area (Å²) in [6.07, 6.45) is 0.636. The minimum atomic E-state index is -1.09. The van der Waals surface area contributed by atoms with Gasteiger partial charge in [0.1, 0.15) is 17.4 Å². The van der Waals surface area contributed by atoms with Crippen molar-refractivity contribution in [2.45, 2.75) is 19.2 Å². The quantitative estimate of drug-likeness (QED) is 0.447. The highest BCUT2D eigenvalue weighted by molar-refractivity contribution is 8.00. The summed E-state index contributed by atoms with van der Waals surface area (Å²) in [5, 5.41) is 8.77. The van der Waals surface area contributed by atoms with Gasteiger partial charge < -0.3 is 5.11 Å². The van der Waals surface area contributed by atoms with Gasteiger partial charge in [0.05, 0.1) is 5.57 Å². The highest BCUT2D eigenvalue weighted by Gasteiger charge is 2.49. The predicted octanol–water partition coefficient (Wildman–Crippen LogP) is 0.776. The van der Waals surface area contributed by atoms with Crippen LogP contribution in [0.2, 0.25) is 0 Å². The lowest BCUT2D eigenvalue weighted by Gasteiger charge is -2.45. The van der Waals surface area contributed by atoms with Crippen LogP contribution in [0.1, 0.15) is 13.8 Å². The number of carboxylic acids is 1. The van der Waals surface area contributed by atoms with E-state index in [1.807, 2.05) is 0 Å².